The average molecular weight is 262 g/mol. The zero-order valence-corrected chi connectivity index (χ0v) is 10.4. The van der Waals surface area contributed by atoms with Gasteiger partial charge in [-0.15, -0.1) is 0 Å². The molecule has 18 heavy (non-hydrogen) atoms. The molecule has 1 fully saturated rings. The van der Waals surface area contributed by atoms with Gasteiger partial charge in [0, 0.05) is 7.05 Å². The largest absolute Gasteiger partial charge is 0.454 e. The first kappa shape index (κ1) is 11.0. The fourth-order valence-electron chi connectivity index (χ4n) is 1.79. The topological polar surface area (TPSA) is 50.8 Å². The van der Waals surface area contributed by atoms with Crippen LogP contribution in [0, 0.1) is 0 Å². The molecule has 0 aliphatic carbocycles. The average Bonchev–Trinajstić information content (AvgIpc) is 2.91. The Morgan fingerprint density at radius 1 is 1.39 bits per heavy atom. The van der Waals surface area contributed by atoms with E-state index in [1.807, 2.05) is 18.2 Å². The second kappa shape index (κ2) is 3.99. The predicted molar refractivity (Wildman–Crippen MR) is 69.0 cm³/mol. The van der Waals surface area contributed by atoms with Gasteiger partial charge in [0.2, 0.25) is 6.79 Å². The van der Waals surface area contributed by atoms with Crippen molar-refractivity contribution < 1.29 is 14.3 Å². The highest BCUT2D eigenvalue weighted by Crippen LogP contribution is 2.33. The van der Waals surface area contributed by atoms with Gasteiger partial charge >= 0.3 is 0 Å². The molecule has 2 heterocycles. The maximum atomic E-state index is 11.8. The van der Waals surface area contributed by atoms with E-state index in [4.69, 9.17) is 21.7 Å². The van der Waals surface area contributed by atoms with E-state index in [9.17, 15) is 4.79 Å². The Labute approximate surface area is 109 Å². The molecular weight excluding hydrogens is 252 g/mol. The number of nitrogens with one attached hydrogen (secondary N) is 1. The Morgan fingerprint density at radius 2 is 2.17 bits per heavy atom. The van der Waals surface area contributed by atoms with Crippen LogP contribution in [0.4, 0.5) is 0 Å². The maximum Gasteiger partial charge on any atom is 0.276 e. The summed E-state index contributed by atoms with van der Waals surface area (Å²) < 4.78 is 10.5. The highest BCUT2D eigenvalue weighted by atomic mass is 32.1. The molecule has 1 aromatic rings. The van der Waals surface area contributed by atoms with Gasteiger partial charge in [0.15, 0.2) is 16.6 Å². The molecule has 1 saturated heterocycles. The van der Waals surface area contributed by atoms with Crippen LogP contribution in [0.25, 0.3) is 6.08 Å². The van der Waals surface area contributed by atoms with E-state index >= 15 is 0 Å². The summed E-state index contributed by atoms with van der Waals surface area (Å²) >= 11 is 5.00. The van der Waals surface area contributed by atoms with Gasteiger partial charge in [-0.1, -0.05) is 6.07 Å². The molecule has 0 saturated carbocycles. The van der Waals surface area contributed by atoms with Crippen LogP contribution in [0.1, 0.15) is 5.56 Å². The van der Waals surface area contributed by atoms with Crippen LogP contribution in [0.15, 0.2) is 23.9 Å². The first-order valence-corrected chi connectivity index (χ1v) is 5.76. The molecule has 1 amide bonds. The molecule has 2 aliphatic rings. The van der Waals surface area contributed by atoms with Gasteiger partial charge in [0.05, 0.1) is 0 Å². The Hall–Kier alpha value is -2.08. The van der Waals surface area contributed by atoms with Gasteiger partial charge in [0.1, 0.15) is 5.70 Å². The lowest BCUT2D eigenvalue weighted by Gasteiger charge is -2.02. The highest BCUT2D eigenvalue weighted by Gasteiger charge is 2.27. The van der Waals surface area contributed by atoms with Crippen molar-refractivity contribution in [3.05, 3.63) is 29.5 Å². The Morgan fingerprint density at radius 3 is 2.89 bits per heavy atom. The minimum atomic E-state index is -0.141. The van der Waals surface area contributed by atoms with Gasteiger partial charge in [-0.3, -0.25) is 9.69 Å². The van der Waals surface area contributed by atoms with Gasteiger partial charge < -0.3 is 14.8 Å². The smallest absolute Gasteiger partial charge is 0.276 e. The quantitative estimate of drug-likeness (QED) is 0.607. The molecule has 5 nitrogen and oxygen atoms in total. The molecule has 6 heteroatoms. The van der Waals surface area contributed by atoms with Crippen molar-refractivity contribution in [2.45, 2.75) is 0 Å². The van der Waals surface area contributed by atoms with Crippen molar-refractivity contribution in [1.82, 2.24) is 10.2 Å². The molecule has 0 bridgehead atoms. The van der Waals surface area contributed by atoms with E-state index in [1.54, 1.807) is 13.1 Å². The zero-order chi connectivity index (χ0) is 12.7. The van der Waals surface area contributed by atoms with Crippen molar-refractivity contribution >= 4 is 29.3 Å². The molecule has 0 unspecified atom stereocenters. The fraction of sp³-hybridized carbons (Fsp3) is 0.167. The van der Waals surface area contributed by atoms with E-state index in [0.717, 1.165) is 11.3 Å². The van der Waals surface area contributed by atoms with Crippen LogP contribution in [-0.4, -0.2) is 29.8 Å². The summed E-state index contributed by atoms with van der Waals surface area (Å²) in [6.45, 7) is 0.235. The first-order valence-electron chi connectivity index (χ1n) is 5.35. The normalized spacial score (nSPS) is 19.6. The second-order valence-electron chi connectivity index (χ2n) is 3.97. The van der Waals surface area contributed by atoms with Crippen LogP contribution in [-0.2, 0) is 4.79 Å². The fourth-order valence-corrected chi connectivity index (χ4v) is 1.99. The van der Waals surface area contributed by atoms with Gasteiger partial charge in [-0.25, -0.2) is 0 Å². The minimum Gasteiger partial charge on any atom is -0.454 e. The lowest BCUT2D eigenvalue weighted by atomic mass is 10.1. The number of nitrogens with zero attached hydrogens (tertiary/aromatic N) is 1. The Kier molecular flexibility index (Phi) is 2.45. The molecule has 0 atom stereocenters. The van der Waals surface area contributed by atoms with E-state index in [2.05, 4.69) is 5.32 Å². The van der Waals surface area contributed by atoms with Crippen molar-refractivity contribution in [2.24, 2.45) is 0 Å². The van der Waals surface area contributed by atoms with Crippen LogP contribution < -0.4 is 14.8 Å². The van der Waals surface area contributed by atoms with Gasteiger partial charge in [0.25, 0.3) is 5.91 Å². The van der Waals surface area contributed by atoms with Crippen LogP contribution in [0.2, 0.25) is 0 Å². The van der Waals surface area contributed by atoms with E-state index in [1.165, 1.54) is 4.90 Å². The number of hydrogen-bond acceptors (Lipinski definition) is 4. The zero-order valence-electron chi connectivity index (χ0n) is 9.60. The SMILES string of the molecule is CN1C(=O)/C(=C\c2ccc3c(c2)OCO3)NC1=S. The van der Waals surface area contributed by atoms with Gasteiger partial charge in [-0.2, -0.15) is 0 Å². The standard InChI is InChI=1S/C12H10N2O3S/c1-14-11(15)8(13-12(14)18)4-7-2-3-9-10(5-7)17-6-16-9/h2-5H,6H2,1H3,(H,13,18)/b8-4+. The van der Waals surface area contributed by atoms with Crippen molar-refractivity contribution in [3.8, 4) is 11.5 Å². The van der Waals surface area contributed by atoms with E-state index in [-0.39, 0.29) is 12.7 Å². The minimum absolute atomic E-state index is 0.141. The maximum absolute atomic E-state index is 11.8. The number of hydrogen-bond donors (Lipinski definition) is 1. The number of amides is 1. The number of rotatable bonds is 1. The number of fused-ring (bicyclic) bond motifs is 1. The number of ether oxygens (including phenoxy) is 2. The van der Waals surface area contributed by atoms with Crippen molar-refractivity contribution in [1.29, 1.82) is 0 Å². The van der Waals surface area contributed by atoms with Crippen LogP contribution >= 0.6 is 12.2 Å². The van der Waals surface area contributed by atoms with Crippen molar-refractivity contribution in [2.75, 3.05) is 13.8 Å². The molecule has 1 N–H and O–H groups in total. The number of likely N-dealkylation sites (N-methyl/N-ethyl adjacent to an activating group) is 1. The second-order valence-corrected chi connectivity index (χ2v) is 4.35. The van der Waals surface area contributed by atoms with Crippen LogP contribution in [0.5, 0.6) is 11.5 Å². The lowest BCUT2D eigenvalue weighted by Crippen LogP contribution is -2.25. The first-order chi connectivity index (χ1) is 8.65. The number of thiocarbonyl (C=S) groups is 1. The number of carbonyl (C=O) groups excluding carboxylic acids is 1. The predicted octanol–water partition coefficient (Wildman–Crippen LogP) is 1.10. The summed E-state index contributed by atoms with van der Waals surface area (Å²) in [5.41, 5.74) is 1.31. The third-order valence-electron chi connectivity index (χ3n) is 2.79. The molecule has 3 rings (SSSR count). The summed E-state index contributed by atoms with van der Waals surface area (Å²) in [7, 11) is 1.64. The monoisotopic (exact) mass is 262 g/mol. The number of carbonyl (C=O) groups is 1. The third-order valence-corrected chi connectivity index (χ3v) is 3.16. The third kappa shape index (κ3) is 1.70. The summed E-state index contributed by atoms with van der Waals surface area (Å²) in [6.07, 6.45) is 1.74. The van der Waals surface area contributed by atoms with Crippen LogP contribution in [0.3, 0.4) is 0 Å². The molecule has 0 aromatic heterocycles. The summed E-state index contributed by atoms with van der Waals surface area (Å²) in [5, 5.41) is 3.28. The van der Waals surface area contributed by atoms with Crippen molar-refractivity contribution in [3.63, 3.8) is 0 Å². The Balaban J connectivity index is 1.93. The molecule has 0 spiro atoms. The lowest BCUT2D eigenvalue weighted by molar-refractivity contribution is -0.121. The van der Waals surface area contributed by atoms with Gasteiger partial charge in [-0.05, 0) is 36.0 Å². The summed E-state index contributed by atoms with van der Waals surface area (Å²) in [4.78, 5) is 13.2. The molecular formula is C12H10N2O3S. The summed E-state index contributed by atoms with van der Waals surface area (Å²) in [6, 6.07) is 5.50. The molecule has 0 radical (unpaired) electrons. The van der Waals surface area contributed by atoms with E-state index < -0.39 is 0 Å². The van der Waals surface area contributed by atoms with E-state index in [0.29, 0.717) is 16.6 Å². The molecule has 2 aliphatic heterocycles. The highest BCUT2D eigenvalue weighted by molar-refractivity contribution is 7.80. The molecule has 92 valence electrons. The summed E-state index contributed by atoms with van der Waals surface area (Å²) in [5.74, 6) is 1.26. The number of benzene rings is 1. The molecule has 1 aromatic carbocycles. The Bertz CT molecular complexity index is 583.